The molecule has 0 radical (unpaired) electrons. The van der Waals surface area contributed by atoms with Crippen molar-refractivity contribution in [2.24, 2.45) is 0 Å². The van der Waals surface area contributed by atoms with Gasteiger partial charge in [-0.05, 0) is 45.6 Å². The molecule has 2 atom stereocenters. The van der Waals surface area contributed by atoms with Crippen LogP contribution in [0.2, 0.25) is 0 Å². The van der Waals surface area contributed by atoms with E-state index in [1.807, 2.05) is 0 Å². The van der Waals surface area contributed by atoms with E-state index in [1.54, 1.807) is 0 Å². The van der Waals surface area contributed by atoms with Gasteiger partial charge >= 0.3 is 0 Å². The first-order chi connectivity index (χ1) is 6.83. The molecule has 3 heteroatoms. The Kier molecular flexibility index (Phi) is 6.57. The molecule has 1 aliphatic heterocycles. The summed E-state index contributed by atoms with van der Waals surface area (Å²) in [5, 5.41) is 3.47. The lowest BCUT2D eigenvalue weighted by molar-refractivity contribution is 0.102. The summed E-state index contributed by atoms with van der Waals surface area (Å²) in [5.74, 6) is 0.750. The zero-order valence-corrected chi connectivity index (χ0v) is 9.85. The standard InChI is InChI=1S/C11H22ClNO/c1-10(6-7-12)13-8-2-4-11-5-3-9-14-11/h10-11,13H,2-9H2,1H3. The second-order valence-corrected chi connectivity index (χ2v) is 4.49. The van der Waals surface area contributed by atoms with E-state index in [0.29, 0.717) is 12.1 Å². The van der Waals surface area contributed by atoms with Gasteiger partial charge < -0.3 is 10.1 Å². The molecule has 1 saturated heterocycles. The third kappa shape index (κ3) is 5.18. The minimum Gasteiger partial charge on any atom is -0.378 e. The average Bonchev–Trinajstić information content (AvgIpc) is 2.65. The molecule has 1 rings (SSSR count). The van der Waals surface area contributed by atoms with E-state index in [0.717, 1.165) is 25.5 Å². The van der Waals surface area contributed by atoms with Gasteiger partial charge in [-0.3, -0.25) is 0 Å². The van der Waals surface area contributed by atoms with E-state index in [9.17, 15) is 0 Å². The Balaban J connectivity index is 1.88. The summed E-state index contributed by atoms with van der Waals surface area (Å²) in [6.45, 7) is 4.26. The fourth-order valence-corrected chi connectivity index (χ4v) is 2.14. The molecule has 2 unspecified atom stereocenters. The Labute approximate surface area is 92.3 Å². The first-order valence-corrected chi connectivity index (χ1v) is 6.27. The lowest BCUT2D eigenvalue weighted by atomic mass is 10.1. The summed E-state index contributed by atoms with van der Waals surface area (Å²) in [6.07, 6.45) is 6.54. The van der Waals surface area contributed by atoms with Crippen LogP contribution in [0, 0.1) is 0 Å². The summed E-state index contributed by atoms with van der Waals surface area (Å²) < 4.78 is 5.56. The van der Waals surface area contributed by atoms with Gasteiger partial charge in [-0.25, -0.2) is 0 Å². The first kappa shape index (κ1) is 12.3. The van der Waals surface area contributed by atoms with Gasteiger partial charge in [0.2, 0.25) is 0 Å². The van der Waals surface area contributed by atoms with Gasteiger partial charge in [-0.2, -0.15) is 0 Å². The van der Waals surface area contributed by atoms with Crippen molar-refractivity contribution in [1.29, 1.82) is 0 Å². The smallest absolute Gasteiger partial charge is 0.0576 e. The number of rotatable bonds is 7. The van der Waals surface area contributed by atoms with Crippen LogP contribution in [0.15, 0.2) is 0 Å². The van der Waals surface area contributed by atoms with Crippen molar-refractivity contribution in [3.05, 3.63) is 0 Å². The first-order valence-electron chi connectivity index (χ1n) is 5.74. The monoisotopic (exact) mass is 219 g/mol. The van der Waals surface area contributed by atoms with Crippen LogP contribution >= 0.6 is 11.6 Å². The van der Waals surface area contributed by atoms with Crippen molar-refractivity contribution >= 4 is 11.6 Å². The van der Waals surface area contributed by atoms with Gasteiger partial charge in [0.05, 0.1) is 6.10 Å². The molecule has 1 N–H and O–H groups in total. The van der Waals surface area contributed by atoms with Crippen LogP contribution in [-0.2, 0) is 4.74 Å². The fraction of sp³-hybridized carbons (Fsp3) is 1.00. The molecule has 0 aromatic carbocycles. The van der Waals surface area contributed by atoms with Crippen molar-refractivity contribution in [1.82, 2.24) is 5.32 Å². The number of hydrogen-bond acceptors (Lipinski definition) is 2. The lowest BCUT2D eigenvalue weighted by Gasteiger charge is -2.13. The van der Waals surface area contributed by atoms with Gasteiger partial charge in [0.15, 0.2) is 0 Å². The molecule has 0 bridgehead atoms. The van der Waals surface area contributed by atoms with Crippen molar-refractivity contribution in [3.63, 3.8) is 0 Å². The van der Waals surface area contributed by atoms with Crippen LogP contribution in [0.4, 0.5) is 0 Å². The molecule has 1 heterocycles. The quantitative estimate of drug-likeness (QED) is 0.525. The van der Waals surface area contributed by atoms with E-state index < -0.39 is 0 Å². The van der Waals surface area contributed by atoms with Crippen LogP contribution in [0.5, 0.6) is 0 Å². The highest BCUT2D eigenvalue weighted by Gasteiger charge is 2.14. The molecular weight excluding hydrogens is 198 g/mol. The molecule has 0 aromatic rings. The van der Waals surface area contributed by atoms with E-state index in [-0.39, 0.29) is 0 Å². The summed E-state index contributed by atoms with van der Waals surface area (Å²) in [6, 6.07) is 0.553. The van der Waals surface area contributed by atoms with Crippen molar-refractivity contribution in [2.75, 3.05) is 19.0 Å². The van der Waals surface area contributed by atoms with Gasteiger partial charge in [-0.15, -0.1) is 11.6 Å². The number of halogens is 1. The second kappa shape index (κ2) is 7.49. The maximum atomic E-state index is 5.65. The minimum atomic E-state index is 0.542. The zero-order valence-electron chi connectivity index (χ0n) is 9.10. The van der Waals surface area contributed by atoms with E-state index >= 15 is 0 Å². The number of ether oxygens (including phenoxy) is 1. The topological polar surface area (TPSA) is 21.3 Å². The van der Waals surface area contributed by atoms with Crippen LogP contribution in [0.25, 0.3) is 0 Å². The minimum absolute atomic E-state index is 0.542. The Hall–Kier alpha value is 0.210. The average molecular weight is 220 g/mol. The van der Waals surface area contributed by atoms with Crippen LogP contribution in [0.3, 0.4) is 0 Å². The molecule has 14 heavy (non-hydrogen) atoms. The number of hydrogen-bond donors (Lipinski definition) is 1. The largest absolute Gasteiger partial charge is 0.378 e. The predicted octanol–water partition coefficient (Wildman–Crippen LogP) is 2.55. The number of nitrogens with one attached hydrogen (secondary N) is 1. The molecule has 1 aliphatic rings. The van der Waals surface area contributed by atoms with E-state index in [2.05, 4.69) is 12.2 Å². The van der Waals surface area contributed by atoms with Gasteiger partial charge in [0, 0.05) is 18.5 Å². The Bertz CT molecular complexity index is 137. The molecule has 0 saturated carbocycles. The normalized spacial score (nSPS) is 24.0. The van der Waals surface area contributed by atoms with Crippen molar-refractivity contribution < 1.29 is 4.74 Å². The molecule has 0 amide bonds. The van der Waals surface area contributed by atoms with Crippen molar-refractivity contribution in [3.8, 4) is 0 Å². The van der Waals surface area contributed by atoms with Crippen LogP contribution in [-0.4, -0.2) is 31.2 Å². The van der Waals surface area contributed by atoms with Crippen LogP contribution in [0.1, 0.15) is 39.0 Å². The van der Waals surface area contributed by atoms with Gasteiger partial charge in [0.1, 0.15) is 0 Å². The Morgan fingerprint density at radius 2 is 2.43 bits per heavy atom. The molecule has 0 aromatic heterocycles. The zero-order chi connectivity index (χ0) is 10.2. The second-order valence-electron chi connectivity index (χ2n) is 4.11. The van der Waals surface area contributed by atoms with Gasteiger partial charge in [-0.1, -0.05) is 0 Å². The highest BCUT2D eigenvalue weighted by molar-refractivity contribution is 6.17. The molecule has 1 fully saturated rings. The summed E-state index contributed by atoms with van der Waals surface area (Å²) in [7, 11) is 0. The summed E-state index contributed by atoms with van der Waals surface area (Å²) >= 11 is 5.65. The van der Waals surface area contributed by atoms with E-state index in [4.69, 9.17) is 16.3 Å². The fourth-order valence-electron chi connectivity index (χ4n) is 1.82. The third-order valence-corrected chi connectivity index (χ3v) is 2.98. The van der Waals surface area contributed by atoms with Crippen molar-refractivity contribution in [2.45, 2.75) is 51.2 Å². The summed E-state index contributed by atoms with van der Waals surface area (Å²) in [4.78, 5) is 0. The molecule has 0 spiro atoms. The highest BCUT2D eigenvalue weighted by atomic mass is 35.5. The SMILES string of the molecule is CC(CCCl)NCCCC1CCCO1. The van der Waals surface area contributed by atoms with E-state index in [1.165, 1.54) is 25.7 Å². The van der Waals surface area contributed by atoms with Gasteiger partial charge in [0.25, 0.3) is 0 Å². The van der Waals surface area contributed by atoms with Crippen LogP contribution < -0.4 is 5.32 Å². The molecule has 0 aliphatic carbocycles. The Morgan fingerprint density at radius 3 is 3.07 bits per heavy atom. The molecule has 2 nitrogen and oxygen atoms in total. The lowest BCUT2D eigenvalue weighted by Crippen LogP contribution is -2.27. The third-order valence-electron chi connectivity index (χ3n) is 2.76. The summed E-state index contributed by atoms with van der Waals surface area (Å²) in [5.41, 5.74) is 0. The Morgan fingerprint density at radius 1 is 1.57 bits per heavy atom. The maximum Gasteiger partial charge on any atom is 0.0576 e. The maximum absolute atomic E-state index is 5.65. The highest BCUT2D eigenvalue weighted by Crippen LogP contribution is 2.16. The predicted molar refractivity (Wildman–Crippen MR) is 61.0 cm³/mol. The molecular formula is C11H22ClNO. The molecule has 84 valence electrons. The number of alkyl halides is 1.